The number of aliphatic hydroxyl groups is 3. The van der Waals surface area contributed by atoms with Crippen molar-refractivity contribution in [3.8, 4) is 0 Å². The number of alkyl halides is 1. The number of amides is 4. The molecule has 0 unspecified atom stereocenters. The molecule has 660 valence electrons. The lowest BCUT2D eigenvalue weighted by Gasteiger charge is -2.36. The second-order valence-corrected chi connectivity index (χ2v) is 37.8. The molecule has 35 heteroatoms. The molecule has 118 heavy (non-hydrogen) atoms. The number of piperidine rings is 8. The van der Waals surface area contributed by atoms with E-state index in [1.54, 1.807) is 63.0 Å². The van der Waals surface area contributed by atoms with Gasteiger partial charge in [0.1, 0.15) is 22.4 Å². The van der Waals surface area contributed by atoms with Crippen molar-refractivity contribution in [2.45, 2.75) is 236 Å². The van der Waals surface area contributed by atoms with Crippen LogP contribution in [-0.2, 0) is 18.9 Å². The first-order valence-corrected chi connectivity index (χ1v) is 44.3. The van der Waals surface area contributed by atoms with Crippen LogP contribution in [0.1, 0.15) is 232 Å². The number of carbonyl (C=O) groups is 4. The maximum Gasteiger partial charge on any atom is 0.410 e. The van der Waals surface area contributed by atoms with Crippen LogP contribution in [-0.4, -0.2) is 260 Å². The number of nitrogens with zero attached hydrogens (tertiary/aromatic N) is 16. The van der Waals surface area contributed by atoms with Gasteiger partial charge in [0.15, 0.2) is 32.2 Å². The number of anilines is 2. The van der Waals surface area contributed by atoms with Crippen molar-refractivity contribution in [2.24, 2.45) is 17.8 Å². The number of hydrogen-bond acceptors (Lipinski definition) is 25. The molecule has 0 aliphatic carbocycles. The van der Waals surface area contributed by atoms with E-state index in [0.717, 1.165) is 197 Å². The van der Waals surface area contributed by atoms with Crippen molar-refractivity contribution >= 4 is 117 Å². The summed E-state index contributed by atoms with van der Waals surface area (Å²) < 4.78 is 22.2. The summed E-state index contributed by atoms with van der Waals surface area (Å²) in [6.07, 6.45) is 31.6. The minimum atomic E-state index is -0.466. The monoisotopic (exact) mass is 1860 g/mol. The van der Waals surface area contributed by atoms with Gasteiger partial charge < -0.3 is 74.3 Å². The van der Waals surface area contributed by atoms with Crippen LogP contribution in [0.25, 0.3) is 0 Å². The highest BCUT2D eigenvalue weighted by atomic mass is 127. The van der Waals surface area contributed by atoms with E-state index >= 15 is 0 Å². The molecule has 5 N–H and O–H groups in total. The van der Waals surface area contributed by atoms with Gasteiger partial charge in [-0.2, -0.15) is 0 Å². The normalized spacial score (nSPS) is 18.7. The Kier molecular flexibility index (Phi) is 43.3. The standard InChI is InChI=1S/C20H32N4O3.C15H24N4O.2C14H20ClN3O2.C10H18INO2.C6H13NO.C4H2Cl2N2.ClH/c1-20(2,3)27-19(26)24-12-6-16(7-13-24)17-18(22-9-8-21-17)23-10-4-15(14-25)5-11-23;20-11-12-3-9-19(10-4-12)15-14(17-7-8-18-15)13-1-5-16-6-2-13;2*1-14(2,3)20-13(19)18-8-4-10(5-9-18)11-12(15)17-7-6-16-11;1-10(2,3)14-9(13)12-6-4-8(11)5-7-12;8-5-6-1-3-7-4-2-6;5-3-4(6)8-2-1-7-3;/h8-9,15-16,25H,4-7,10-14H2,1-3H3;7-8,12-13,16,20H,1-6,9-11H2;2*6-7,10H,4-5,8-9H2,1-3H3;8H,4-7H2,1-3H3;6-8H,1-5H2;1-2H;1H. The highest BCUT2D eigenvalue weighted by molar-refractivity contribution is 14.1. The molecule has 8 aliphatic heterocycles. The van der Waals surface area contributed by atoms with E-state index in [9.17, 15) is 29.4 Å². The van der Waals surface area contributed by atoms with E-state index in [2.05, 4.69) is 92.9 Å². The molecule has 29 nitrogen and oxygen atoms in total. The summed E-state index contributed by atoms with van der Waals surface area (Å²) in [5.41, 5.74) is 2.13. The van der Waals surface area contributed by atoms with Crippen LogP contribution < -0.4 is 20.4 Å². The van der Waals surface area contributed by atoms with E-state index in [1.165, 1.54) is 18.1 Å². The number of nitrogens with one attached hydrogen (secondary N) is 2. The topological polar surface area (TPSA) is 338 Å². The highest BCUT2D eigenvalue weighted by Crippen LogP contribution is 2.37. The maximum atomic E-state index is 12.3. The number of ether oxygens (including phenoxy) is 4. The van der Waals surface area contributed by atoms with Gasteiger partial charge >= 0.3 is 24.4 Å². The molecular weight excluding hydrogens is 1730 g/mol. The molecule has 0 aromatic carbocycles. The van der Waals surface area contributed by atoms with Crippen molar-refractivity contribution in [1.82, 2.24) is 80.1 Å². The van der Waals surface area contributed by atoms with Crippen LogP contribution in [0.15, 0.2) is 62.0 Å². The third kappa shape index (κ3) is 35.9. The molecule has 8 fully saturated rings. The van der Waals surface area contributed by atoms with E-state index in [0.29, 0.717) is 96.3 Å². The summed E-state index contributed by atoms with van der Waals surface area (Å²) in [6, 6.07) is 0. The Bertz CT molecular complexity index is 3640. The second kappa shape index (κ2) is 50.6. The van der Waals surface area contributed by atoms with E-state index < -0.39 is 16.8 Å². The van der Waals surface area contributed by atoms with Crippen molar-refractivity contribution < 1.29 is 53.4 Å². The molecule has 5 aromatic heterocycles. The van der Waals surface area contributed by atoms with E-state index in [4.69, 9.17) is 70.5 Å². The van der Waals surface area contributed by atoms with Crippen molar-refractivity contribution in [3.63, 3.8) is 0 Å². The van der Waals surface area contributed by atoms with Crippen LogP contribution in [0.2, 0.25) is 20.6 Å². The lowest BCUT2D eigenvalue weighted by atomic mass is 9.92. The van der Waals surface area contributed by atoms with Crippen LogP contribution in [0.4, 0.5) is 30.8 Å². The Balaban J connectivity index is 0.000000220. The first-order valence-electron chi connectivity index (χ1n) is 41.6. The van der Waals surface area contributed by atoms with Crippen LogP contribution >= 0.6 is 81.4 Å². The number of halogens is 6. The Hall–Kier alpha value is -5.94. The van der Waals surface area contributed by atoms with Gasteiger partial charge in [-0.15, -0.1) is 12.4 Å². The summed E-state index contributed by atoms with van der Waals surface area (Å²) in [5, 5.41) is 35.3. The summed E-state index contributed by atoms with van der Waals surface area (Å²) in [6.45, 7) is 37.4. The number of likely N-dealkylation sites (tertiary alicyclic amines) is 4. The van der Waals surface area contributed by atoms with Gasteiger partial charge in [0.05, 0.1) is 22.8 Å². The second-order valence-electron chi connectivity index (χ2n) is 34.6. The minimum Gasteiger partial charge on any atom is -0.444 e. The summed E-state index contributed by atoms with van der Waals surface area (Å²) >= 11 is 25.4. The average molecular weight is 1860 g/mol. The fourth-order valence-corrected chi connectivity index (χ4v) is 15.7. The van der Waals surface area contributed by atoms with Crippen LogP contribution in [0, 0.1) is 17.8 Å². The molecule has 8 saturated heterocycles. The lowest BCUT2D eigenvalue weighted by molar-refractivity contribution is 0.0193. The predicted molar refractivity (Wildman–Crippen MR) is 473 cm³/mol. The molecule has 0 bridgehead atoms. The van der Waals surface area contributed by atoms with E-state index in [-0.39, 0.29) is 71.1 Å². The Morgan fingerprint density at radius 1 is 0.339 bits per heavy atom. The van der Waals surface area contributed by atoms with E-state index in [1.807, 2.05) is 89.3 Å². The number of carbonyl (C=O) groups excluding carboxylic acids is 4. The Labute approximate surface area is 739 Å². The summed E-state index contributed by atoms with van der Waals surface area (Å²) in [7, 11) is 0. The zero-order valence-corrected chi connectivity index (χ0v) is 77.2. The number of hydrogen-bond donors (Lipinski definition) is 5. The van der Waals surface area contributed by atoms with Gasteiger partial charge in [-0.05, 0) is 230 Å². The third-order valence-corrected chi connectivity index (χ3v) is 23.3. The average Bonchev–Trinajstić information content (AvgIpc) is 0.819. The summed E-state index contributed by atoms with van der Waals surface area (Å²) in [5.74, 6) is 4.86. The number of aromatic nitrogens is 10. The Morgan fingerprint density at radius 3 is 0.831 bits per heavy atom. The van der Waals surface area contributed by atoms with Gasteiger partial charge in [0.2, 0.25) is 0 Å². The molecular formula is C83H130Cl5IN18O11. The van der Waals surface area contributed by atoms with Crippen molar-refractivity contribution in [3.05, 3.63) is 105 Å². The van der Waals surface area contributed by atoms with Crippen molar-refractivity contribution in [2.75, 3.05) is 134 Å². The molecule has 4 amide bonds. The molecule has 0 atom stereocenters. The van der Waals surface area contributed by atoms with Gasteiger partial charge in [-0.25, -0.2) is 49.1 Å². The fraction of sp³-hybridized carbons (Fsp3) is 0.711. The predicted octanol–water partition coefficient (Wildman–Crippen LogP) is 15.4. The zero-order chi connectivity index (χ0) is 85.3. The molecule has 0 radical (unpaired) electrons. The number of aliphatic hydroxyl groups excluding tert-OH is 3. The fourth-order valence-electron chi connectivity index (χ4n) is 14.4. The quantitative estimate of drug-likeness (QED) is 0.0520. The molecule has 13 heterocycles. The largest absolute Gasteiger partial charge is 0.444 e. The molecule has 5 aromatic rings. The van der Waals surface area contributed by atoms with Gasteiger partial charge in [0.25, 0.3) is 0 Å². The first-order chi connectivity index (χ1) is 55.6. The van der Waals surface area contributed by atoms with Gasteiger partial charge in [-0.3, -0.25) is 19.9 Å². The zero-order valence-electron chi connectivity index (χ0n) is 71.2. The first kappa shape index (κ1) is 101. The maximum absolute atomic E-state index is 12.3. The SMILES string of the molecule is CC(C)(C)OC(=O)N1CCC(I)CC1.CC(C)(C)OC(=O)N1CCC(c2nccnc2Cl)CC1.CC(C)(C)OC(=O)N1CCC(c2nccnc2Cl)CC1.CC(C)(C)OC(=O)N1CCC(c2nccnc2N2CCC(CO)CC2)CC1.Cl.Clc1nccnc1Cl.OCC1CCN(c2nccnc2C2CCNCC2)CC1.OCC1CCNCC1. The molecule has 0 saturated carbocycles. The molecule has 13 rings (SSSR count). The smallest absolute Gasteiger partial charge is 0.410 e. The Morgan fingerprint density at radius 2 is 0.568 bits per heavy atom. The van der Waals surface area contributed by atoms with Gasteiger partial charge in [0, 0.05) is 188 Å². The number of rotatable bonds is 9. The van der Waals surface area contributed by atoms with Crippen LogP contribution in [0.3, 0.4) is 0 Å². The third-order valence-electron chi connectivity index (χ3n) is 20.8. The van der Waals surface area contributed by atoms with Crippen molar-refractivity contribution in [1.29, 1.82) is 0 Å². The highest BCUT2D eigenvalue weighted by Gasteiger charge is 2.35. The minimum absolute atomic E-state index is 0. The summed E-state index contributed by atoms with van der Waals surface area (Å²) in [4.78, 5) is 102. The van der Waals surface area contributed by atoms with Crippen LogP contribution in [0.5, 0.6) is 0 Å². The molecule has 0 spiro atoms. The van der Waals surface area contributed by atoms with Gasteiger partial charge in [-0.1, -0.05) is 69.0 Å². The molecule has 8 aliphatic rings. The lowest BCUT2D eigenvalue weighted by Crippen LogP contribution is -2.42.